The molecule has 1 aliphatic carbocycles. The molecule has 4 rings (SSSR count). The lowest BCUT2D eigenvalue weighted by molar-refractivity contribution is -0.132. The van der Waals surface area contributed by atoms with E-state index in [2.05, 4.69) is 9.80 Å². The Labute approximate surface area is 167 Å². The standard InChI is InChI=1S/C22H31N3O3/c1-2-28-19-8-6-18(7-9-19)21(26)24-12-3-11-23(14-15-24)20-10-13-25(22(20)27)16-17-4-5-17/h6-9,17,20H,2-5,10-16H2,1H3/t20-/m0/s1. The number of ether oxygens (including phenoxy) is 1. The van der Waals surface area contributed by atoms with Crippen molar-refractivity contribution in [1.29, 1.82) is 0 Å². The maximum Gasteiger partial charge on any atom is 0.253 e. The van der Waals surface area contributed by atoms with E-state index in [1.165, 1.54) is 12.8 Å². The van der Waals surface area contributed by atoms with E-state index in [9.17, 15) is 9.59 Å². The molecule has 0 unspecified atom stereocenters. The van der Waals surface area contributed by atoms with Crippen molar-refractivity contribution in [2.75, 3.05) is 45.9 Å². The summed E-state index contributed by atoms with van der Waals surface area (Å²) in [6.45, 7) is 7.50. The summed E-state index contributed by atoms with van der Waals surface area (Å²) in [7, 11) is 0. The third-order valence-electron chi connectivity index (χ3n) is 6.12. The number of rotatable bonds is 6. The zero-order valence-corrected chi connectivity index (χ0v) is 16.8. The Morgan fingerprint density at radius 2 is 1.82 bits per heavy atom. The summed E-state index contributed by atoms with van der Waals surface area (Å²) in [6, 6.07) is 7.40. The van der Waals surface area contributed by atoms with Crippen molar-refractivity contribution in [3.05, 3.63) is 29.8 Å². The molecule has 0 aromatic heterocycles. The highest BCUT2D eigenvalue weighted by Crippen LogP contribution is 2.31. The largest absolute Gasteiger partial charge is 0.494 e. The molecule has 0 radical (unpaired) electrons. The van der Waals surface area contributed by atoms with Gasteiger partial charge in [0, 0.05) is 44.8 Å². The van der Waals surface area contributed by atoms with Crippen molar-refractivity contribution in [2.45, 2.75) is 38.6 Å². The van der Waals surface area contributed by atoms with E-state index in [1.54, 1.807) is 0 Å². The van der Waals surface area contributed by atoms with Crippen molar-refractivity contribution in [3.63, 3.8) is 0 Å². The second-order valence-electron chi connectivity index (χ2n) is 8.17. The van der Waals surface area contributed by atoms with Gasteiger partial charge >= 0.3 is 0 Å². The van der Waals surface area contributed by atoms with Crippen molar-refractivity contribution >= 4 is 11.8 Å². The molecule has 3 aliphatic rings. The van der Waals surface area contributed by atoms with Crippen LogP contribution < -0.4 is 4.74 Å². The molecule has 2 saturated heterocycles. The first-order valence-corrected chi connectivity index (χ1v) is 10.7. The highest BCUT2D eigenvalue weighted by molar-refractivity contribution is 5.94. The van der Waals surface area contributed by atoms with Crippen molar-refractivity contribution < 1.29 is 14.3 Å². The molecule has 6 heteroatoms. The van der Waals surface area contributed by atoms with E-state index in [1.807, 2.05) is 36.1 Å². The number of amides is 2. The van der Waals surface area contributed by atoms with Crippen LogP contribution in [0.3, 0.4) is 0 Å². The number of likely N-dealkylation sites (tertiary alicyclic amines) is 1. The molecule has 2 heterocycles. The van der Waals surface area contributed by atoms with Crippen LogP contribution in [0.5, 0.6) is 5.75 Å². The first-order valence-electron chi connectivity index (χ1n) is 10.7. The van der Waals surface area contributed by atoms with E-state index in [-0.39, 0.29) is 11.9 Å². The Morgan fingerprint density at radius 1 is 1.04 bits per heavy atom. The molecule has 0 bridgehead atoms. The number of carbonyl (C=O) groups excluding carboxylic acids is 2. The second-order valence-corrected chi connectivity index (χ2v) is 8.17. The van der Waals surface area contributed by atoms with Gasteiger partial charge in [-0.15, -0.1) is 0 Å². The average molecular weight is 386 g/mol. The van der Waals surface area contributed by atoms with Crippen molar-refractivity contribution in [1.82, 2.24) is 14.7 Å². The Hall–Kier alpha value is -2.08. The van der Waals surface area contributed by atoms with Crippen molar-refractivity contribution in [2.24, 2.45) is 5.92 Å². The lowest BCUT2D eigenvalue weighted by Gasteiger charge is -2.26. The van der Waals surface area contributed by atoms with Crippen LogP contribution in [-0.2, 0) is 4.79 Å². The first-order chi connectivity index (χ1) is 13.7. The van der Waals surface area contributed by atoms with Crippen LogP contribution in [0.1, 0.15) is 43.0 Å². The minimum Gasteiger partial charge on any atom is -0.494 e. The summed E-state index contributed by atoms with van der Waals surface area (Å²) in [4.78, 5) is 32.0. The molecule has 1 aromatic carbocycles. The maximum absolute atomic E-state index is 12.9. The lowest BCUT2D eigenvalue weighted by Crippen LogP contribution is -2.44. The summed E-state index contributed by atoms with van der Waals surface area (Å²) >= 11 is 0. The number of benzene rings is 1. The quantitative estimate of drug-likeness (QED) is 0.754. The van der Waals surface area contributed by atoms with Crippen LogP contribution in [0.2, 0.25) is 0 Å². The minimum atomic E-state index is 0.0132. The van der Waals surface area contributed by atoms with Gasteiger partial charge in [0.25, 0.3) is 5.91 Å². The molecule has 28 heavy (non-hydrogen) atoms. The average Bonchev–Trinajstić information content (AvgIpc) is 3.49. The fourth-order valence-electron chi connectivity index (χ4n) is 4.35. The molecular weight excluding hydrogens is 354 g/mol. The molecule has 0 spiro atoms. The fourth-order valence-corrected chi connectivity index (χ4v) is 4.35. The van der Waals surface area contributed by atoms with E-state index in [4.69, 9.17) is 4.74 Å². The molecule has 1 atom stereocenters. The van der Waals surface area contributed by atoms with Gasteiger partial charge in [0.05, 0.1) is 12.6 Å². The Bertz CT molecular complexity index is 701. The van der Waals surface area contributed by atoms with Gasteiger partial charge in [0.15, 0.2) is 0 Å². The Balaban J connectivity index is 1.33. The van der Waals surface area contributed by atoms with Gasteiger partial charge < -0.3 is 14.5 Å². The summed E-state index contributed by atoms with van der Waals surface area (Å²) < 4.78 is 5.46. The highest BCUT2D eigenvalue weighted by atomic mass is 16.5. The molecule has 0 N–H and O–H groups in total. The summed E-state index contributed by atoms with van der Waals surface area (Å²) in [5.41, 5.74) is 0.699. The third kappa shape index (κ3) is 4.32. The fraction of sp³-hybridized carbons (Fsp3) is 0.636. The van der Waals surface area contributed by atoms with Gasteiger partial charge in [-0.05, 0) is 62.8 Å². The third-order valence-corrected chi connectivity index (χ3v) is 6.12. The van der Waals surface area contributed by atoms with Gasteiger partial charge in [-0.3, -0.25) is 14.5 Å². The number of carbonyl (C=O) groups is 2. The molecule has 1 aromatic rings. The van der Waals surface area contributed by atoms with E-state index >= 15 is 0 Å². The second kappa shape index (κ2) is 8.52. The van der Waals surface area contributed by atoms with Crippen LogP contribution in [0.15, 0.2) is 24.3 Å². The SMILES string of the molecule is CCOc1ccc(C(=O)N2CCCN([C@H]3CCN(CC4CC4)C3=O)CC2)cc1. The minimum absolute atomic E-state index is 0.0132. The van der Waals surface area contributed by atoms with Crippen LogP contribution in [0.4, 0.5) is 0 Å². The maximum atomic E-state index is 12.9. The van der Waals surface area contributed by atoms with E-state index in [0.29, 0.717) is 24.6 Å². The predicted octanol–water partition coefficient (Wildman–Crippen LogP) is 2.24. The number of hydrogen-bond donors (Lipinski definition) is 0. The van der Waals surface area contributed by atoms with Gasteiger partial charge in [-0.1, -0.05) is 0 Å². The van der Waals surface area contributed by atoms with Crippen LogP contribution in [-0.4, -0.2) is 78.4 Å². The van der Waals surface area contributed by atoms with Crippen LogP contribution >= 0.6 is 0 Å². The van der Waals surface area contributed by atoms with Gasteiger partial charge in [-0.25, -0.2) is 0 Å². The zero-order chi connectivity index (χ0) is 19.5. The molecule has 1 saturated carbocycles. The molecule has 6 nitrogen and oxygen atoms in total. The number of nitrogens with zero attached hydrogens (tertiary/aromatic N) is 3. The van der Waals surface area contributed by atoms with E-state index in [0.717, 1.165) is 57.2 Å². The smallest absolute Gasteiger partial charge is 0.253 e. The normalized spacial score (nSPS) is 23.8. The lowest BCUT2D eigenvalue weighted by atomic mass is 10.2. The molecule has 2 aliphatic heterocycles. The first kappa shape index (κ1) is 19.2. The summed E-state index contributed by atoms with van der Waals surface area (Å²) in [6.07, 6.45) is 4.40. The highest BCUT2D eigenvalue weighted by Gasteiger charge is 2.38. The molecule has 3 fully saturated rings. The summed E-state index contributed by atoms with van der Waals surface area (Å²) in [5.74, 6) is 1.90. The topological polar surface area (TPSA) is 53.1 Å². The predicted molar refractivity (Wildman–Crippen MR) is 107 cm³/mol. The zero-order valence-electron chi connectivity index (χ0n) is 16.8. The molecule has 152 valence electrons. The summed E-state index contributed by atoms with van der Waals surface area (Å²) in [5, 5.41) is 0. The monoisotopic (exact) mass is 385 g/mol. The van der Waals surface area contributed by atoms with E-state index < -0.39 is 0 Å². The Kier molecular flexibility index (Phi) is 5.85. The van der Waals surface area contributed by atoms with Crippen molar-refractivity contribution in [3.8, 4) is 5.75 Å². The number of hydrogen-bond acceptors (Lipinski definition) is 4. The Morgan fingerprint density at radius 3 is 2.54 bits per heavy atom. The molecule has 2 amide bonds. The van der Waals surface area contributed by atoms with Crippen LogP contribution in [0.25, 0.3) is 0 Å². The van der Waals surface area contributed by atoms with Gasteiger partial charge in [-0.2, -0.15) is 0 Å². The van der Waals surface area contributed by atoms with Gasteiger partial charge in [0.1, 0.15) is 5.75 Å². The van der Waals surface area contributed by atoms with Gasteiger partial charge in [0.2, 0.25) is 5.91 Å². The molecular formula is C22H31N3O3. The van der Waals surface area contributed by atoms with Crippen LogP contribution in [0, 0.1) is 5.92 Å².